The molecule has 67 heavy (non-hydrogen) atoms. The monoisotopic (exact) mass is 978 g/mol. The number of hydrogen-bond acceptors (Lipinski definition) is 12. The fraction of sp³-hybridized carbons (Fsp3) is 0.180. The molecule has 3 N–H and O–H groups in total. The zero-order valence-electron chi connectivity index (χ0n) is 36.6. The lowest BCUT2D eigenvalue weighted by atomic mass is 10.0. The van der Waals surface area contributed by atoms with Gasteiger partial charge in [-0.3, -0.25) is 4.79 Å². The van der Waals surface area contributed by atoms with Gasteiger partial charge in [0.25, 0.3) is 0 Å². The standard InChI is InChI=1S/C26H22Cl2N4O3.C23H20Cl2N4O2.CH4/c1-5-22(33)31-18-8-6-7-14(2)17(18)10-21-29-13-16-9-15(12-30-26(16)32-21)23-24(27)19(34-3)11-20(35-4)25(23)28;1-12-5-4-6-16(26)15(12)8-19-27-11-14-7-13(10-28-23(14)29-19)20-21(24)17(30-2)9-18(31-3)22(20)25;/h5-9,11-13H,1,10H2,2-4H3,(H,31,33);4-7,9-11H,8,26H2,1-3H3;1H4. The molecule has 0 saturated heterocycles. The van der Waals surface area contributed by atoms with Gasteiger partial charge in [-0.25, -0.2) is 29.9 Å². The molecule has 4 aromatic carbocycles. The highest BCUT2D eigenvalue weighted by molar-refractivity contribution is 6.42. The number of nitrogens with two attached hydrogens (primary N) is 1. The van der Waals surface area contributed by atoms with Crippen LogP contribution in [0.1, 0.15) is 41.3 Å². The molecule has 0 aliphatic rings. The summed E-state index contributed by atoms with van der Waals surface area (Å²) in [5.41, 5.74) is 15.2. The molecule has 17 heteroatoms. The Morgan fingerprint density at radius 2 is 1.04 bits per heavy atom. The van der Waals surface area contributed by atoms with Crippen LogP contribution in [0.2, 0.25) is 20.1 Å². The fourth-order valence-electron chi connectivity index (χ4n) is 7.16. The third-order valence-electron chi connectivity index (χ3n) is 10.7. The Hall–Kier alpha value is -6.77. The van der Waals surface area contributed by atoms with Crippen molar-refractivity contribution in [2.24, 2.45) is 0 Å². The molecule has 13 nitrogen and oxygen atoms in total. The molecule has 0 aliphatic carbocycles. The average Bonchev–Trinajstić information content (AvgIpc) is 3.31. The van der Waals surface area contributed by atoms with E-state index in [-0.39, 0.29) is 13.3 Å². The molecule has 0 saturated carbocycles. The topological polar surface area (TPSA) is 169 Å². The highest BCUT2D eigenvalue weighted by Crippen LogP contribution is 2.47. The molecule has 0 radical (unpaired) electrons. The van der Waals surface area contributed by atoms with Crippen LogP contribution in [0, 0.1) is 13.8 Å². The van der Waals surface area contributed by atoms with Crippen LogP contribution < -0.4 is 30.0 Å². The van der Waals surface area contributed by atoms with Crippen molar-refractivity contribution in [3.05, 3.63) is 152 Å². The van der Waals surface area contributed by atoms with Crippen molar-refractivity contribution in [3.8, 4) is 45.3 Å². The number of nitrogens with zero attached hydrogens (tertiary/aromatic N) is 6. The van der Waals surface area contributed by atoms with Gasteiger partial charge in [-0.15, -0.1) is 0 Å². The van der Waals surface area contributed by atoms with E-state index in [1.165, 1.54) is 34.5 Å². The zero-order valence-corrected chi connectivity index (χ0v) is 39.6. The first-order valence-corrected chi connectivity index (χ1v) is 21.6. The van der Waals surface area contributed by atoms with Crippen LogP contribution in [0.3, 0.4) is 0 Å². The summed E-state index contributed by atoms with van der Waals surface area (Å²) in [4.78, 5) is 39.2. The molecule has 0 spiro atoms. The number of anilines is 2. The first-order chi connectivity index (χ1) is 31.8. The maximum Gasteiger partial charge on any atom is 0.247 e. The van der Waals surface area contributed by atoms with E-state index in [4.69, 9.17) is 71.1 Å². The van der Waals surface area contributed by atoms with E-state index in [2.05, 4.69) is 41.8 Å². The number of nitrogen functional groups attached to an aromatic ring is 1. The maximum atomic E-state index is 11.8. The van der Waals surface area contributed by atoms with E-state index < -0.39 is 0 Å². The summed E-state index contributed by atoms with van der Waals surface area (Å²) in [5, 5.41) is 5.77. The van der Waals surface area contributed by atoms with E-state index in [0.717, 1.165) is 33.3 Å². The molecule has 8 aromatic rings. The van der Waals surface area contributed by atoms with Gasteiger partial charge < -0.3 is 30.0 Å². The Morgan fingerprint density at radius 3 is 1.46 bits per heavy atom. The van der Waals surface area contributed by atoms with E-state index in [1.54, 1.807) is 36.9 Å². The molecule has 0 bridgehead atoms. The van der Waals surface area contributed by atoms with Gasteiger partial charge in [0.15, 0.2) is 11.3 Å². The minimum atomic E-state index is -0.281. The van der Waals surface area contributed by atoms with Gasteiger partial charge in [-0.1, -0.05) is 84.7 Å². The second-order valence-electron chi connectivity index (χ2n) is 14.7. The van der Waals surface area contributed by atoms with Crippen molar-refractivity contribution in [1.82, 2.24) is 29.9 Å². The largest absolute Gasteiger partial charge is 0.495 e. The summed E-state index contributed by atoms with van der Waals surface area (Å²) in [7, 11) is 6.12. The van der Waals surface area contributed by atoms with Crippen LogP contribution in [-0.2, 0) is 17.6 Å². The molecule has 344 valence electrons. The first-order valence-electron chi connectivity index (χ1n) is 20.1. The smallest absolute Gasteiger partial charge is 0.247 e. The molecule has 0 atom stereocenters. The number of carbonyl (C=O) groups is 1. The van der Waals surface area contributed by atoms with Gasteiger partial charge in [-0.05, 0) is 66.4 Å². The van der Waals surface area contributed by atoms with Gasteiger partial charge in [0.1, 0.15) is 34.6 Å². The summed E-state index contributed by atoms with van der Waals surface area (Å²) in [6.45, 7) is 7.50. The number of halogens is 4. The highest BCUT2D eigenvalue weighted by Gasteiger charge is 2.22. The number of aromatic nitrogens is 6. The Kier molecular flexibility index (Phi) is 16.1. The third kappa shape index (κ3) is 10.6. The minimum absolute atomic E-state index is 0. The number of benzene rings is 4. The molecular formula is C50H46Cl4N8O5. The van der Waals surface area contributed by atoms with E-state index in [1.807, 2.05) is 62.4 Å². The molecule has 4 heterocycles. The quantitative estimate of drug-likeness (QED) is 0.0879. The number of pyridine rings is 2. The molecule has 1 amide bonds. The normalized spacial score (nSPS) is 10.7. The van der Waals surface area contributed by atoms with Crippen molar-refractivity contribution in [3.63, 3.8) is 0 Å². The Morgan fingerprint density at radius 1 is 0.627 bits per heavy atom. The number of hydrogen-bond donors (Lipinski definition) is 2. The van der Waals surface area contributed by atoms with Crippen molar-refractivity contribution in [1.29, 1.82) is 0 Å². The predicted molar refractivity (Wildman–Crippen MR) is 270 cm³/mol. The van der Waals surface area contributed by atoms with Crippen molar-refractivity contribution in [2.45, 2.75) is 34.1 Å². The van der Waals surface area contributed by atoms with Crippen molar-refractivity contribution < 1.29 is 23.7 Å². The van der Waals surface area contributed by atoms with Crippen LogP contribution in [0.4, 0.5) is 11.4 Å². The zero-order chi connectivity index (χ0) is 47.2. The third-order valence-corrected chi connectivity index (χ3v) is 12.2. The van der Waals surface area contributed by atoms with E-state index in [9.17, 15) is 4.79 Å². The highest BCUT2D eigenvalue weighted by atomic mass is 35.5. The second kappa shape index (κ2) is 21.7. The summed E-state index contributed by atoms with van der Waals surface area (Å²) in [6.07, 6.45) is 8.94. The van der Waals surface area contributed by atoms with Gasteiger partial charge in [0.2, 0.25) is 5.91 Å². The summed E-state index contributed by atoms with van der Waals surface area (Å²) in [6, 6.07) is 18.6. The average molecular weight is 981 g/mol. The van der Waals surface area contributed by atoms with Gasteiger partial charge in [0.05, 0.1) is 48.5 Å². The van der Waals surface area contributed by atoms with Gasteiger partial charge in [0, 0.05) is 94.2 Å². The van der Waals surface area contributed by atoms with Crippen molar-refractivity contribution >= 4 is 85.8 Å². The maximum absolute atomic E-state index is 11.8. The van der Waals surface area contributed by atoms with E-state index >= 15 is 0 Å². The number of fused-ring (bicyclic) bond motifs is 2. The summed E-state index contributed by atoms with van der Waals surface area (Å²) >= 11 is 26.2. The van der Waals surface area contributed by atoms with Gasteiger partial charge >= 0.3 is 0 Å². The van der Waals surface area contributed by atoms with Crippen LogP contribution in [0.25, 0.3) is 44.3 Å². The number of rotatable bonds is 12. The van der Waals surface area contributed by atoms with Crippen LogP contribution >= 0.6 is 46.4 Å². The minimum Gasteiger partial charge on any atom is -0.495 e. The summed E-state index contributed by atoms with van der Waals surface area (Å²) < 4.78 is 21.5. The summed E-state index contributed by atoms with van der Waals surface area (Å²) in [5.74, 6) is 2.73. The van der Waals surface area contributed by atoms with Crippen LogP contribution in [0.15, 0.2) is 98.1 Å². The number of aryl methyl sites for hydroxylation is 2. The first kappa shape index (κ1) is 49.7. The fourth-order valence-corrected chi connectivity index (χ4v) is 8.60. The Balaban J connectivity index is 0.000000219. The van der Waals surface area contributed by atoms with Crippen molar-refractivity contribution in [2.75, 3.05) is 39.5 Å². The number of methoxy groups -OCH3 is 4. The lowest BCUT2D eigenvalue weighted by Crippen LogP contribution is -2.11. The second-order valence-corrected chi connectivity index (χ2v) is 16.2. The lowest BCUT2D eigenvalue weighted by Gasteiger charge is -2.15. The molecular weight excluding hydrogens is 934 g/mol. The predicted octanol–water partition coefficient (Wildman–Crippen LogP) is 12.2. The molecule has 0 aliphatic heterocycles. The SMILES string of the molecule is C.C=CC(=O)Nc1cccc(C)c1Cc1ncc2cc(-c3c(Cl)c(OC)cc(OC)c3Cl)cnc2n1.COc1cc(OC)c(Cl)c(-c2cnc3nc(Cc4c(C)cccc4N)ncc3c2)c1Cl. The molecule has 0 fully saturated rings. The lowest BCUT2D eigenvalue weighted by molar-refractivity contribution is -0.111. The molecule has 0 unspecified atom stereocenters. The number of nitrogens with one attached hydrogen (secondary N) is 1. The molecule has 8 rings (SSSR count). The number of amides is 1. The molecule has 4 aromatic heterocycles. The van der Waals surface area contributed by atoms with Gasteiger partial charge in [-0.2, -0.15) is 0 Å². The number of ether oxygens (including phenoxy) is 4. The Bertz CT molecular complexity index is 3090. The number of carbonyl (C=O) groups excluding carboxylic acids is 1. The van der Waals surface area contributed by atoms with Crippen LogP contribution in [0.5, 0.6) is 23.0 Å². The van der Waals surface area contributed by atoms with E-state index in [0.29, 0.717) is 112 Å². The van der Waals surface area contributed by atoms with Crippen LogP contribution in [-0.4, -0.2) is 64.3 Å². The Labute approximate surface area is 408 Å².